The van der Waals surface area contributed by atoms with Gasteiger partial charge in [0.25, 0.3) is 0 Å². The minimum atomic E-state index is -3.54. The fourth-order valence-electron chi connectivity index (χ4n) is 6.85. The van der Waals surface area contributed by atoms with Crippen molar-refractivity contribution in [2.75, 3.05) is 13.2 Å². The lowest BCUT2D eigenvalue weighted by atomic mass is 9.74. The third-order valence-electron chi connectivity index (χ3n) is 9.41. The van der Waals surface area contributed by atoms with Gasteiger partial charge in [0.1, 0.15) is 11.6 Å². The first-order chi connectivity index (χ1) is 20.1. The number of benzene rings is 2. The molecule has 0 N–H and O–H groups in total. The zero-order chi connectivity index (χ0) is 29.9. The third kappa shape index (κ3) is 7.16. The minimum Gasteiger partial charge on any atom is -0.432 e. The summed E-state index contributed by atoms with van der Waals surface area (Å²) in [6.45, 7) is 5.10. The van der Waals surface area contributed by atoms with E-state index < -0.39 is 41.0 Å². The molecule has 0 amide bonds. The fourth-order valence-corrected chi connectivity index (χ4v) is 6.85. The maximum absolute atomic E-state index is 15.1. The molecule has 3 fully saturated rings. The van der Waals surface area contributed by atoms with Crippen LogP contribution in [0.5, 0.6) is 5.75 Å². The second kappa shape index (κ2) is 13.4. The summed E-state index contributed by atoms with van der Waals surface area (Å²) in [7, 11) is 0. The zero-order valence-electron chi connectivity index (χ0n) is 23.6. The van der Waals surface area contributed by atoms with Crippen LogP contribution in [0.2, 0.25) is 0 Å². The summed E-state index contributed by atoms with van der Waals surface area (Å²) in [5.74, 6) is -5.34. The molecule has 1 heterocycles. The second-order valence-corrected chi connectivity index (χ2v) is 12.1. The summed E-state index contributed by atoms with van der Waals surface area (Å²) < 4.78 is 102. The molecular weight excluding hydrogens is 558 g/mol. The van der Waals surface area contributed by atoms with Crippen molar-refractivity contribution in [3.63, 3.8) is 0 Å². The molecule has 2 aromatic rings. The highest BCUT2D eigenvalue weighted by Gasteiger charge is 2.46. The fraction of sp³-hybridized carbons (Fsp3) is 0.576. The van der Waals surface area contributed by atoms with E-state index >= 15 is 8.78 Å². The van der Waals surface area contributed by atoms with E-state index in [-0.39, 0.29) is 36.2 Å². The predicted octanol–water partition coefficient (Wildman–Crippen LogP) is 9.45. The lowest BCUT2D eigenvalue weighted by Gasteiger charge is -2.41. The molecule has 42 heavy (non-hydrogen) atoms. The van der Waals surface area contributed by atoms with Crippen molar-refractivity contribution < 1.29 is 40.6 Å². The molecule has 2 aromatic carbocycles. The Hall–Kier alpha value is -2.52. The van der Waals surface area contributed by atoms with E-state index in [2.05, 4.69) is 6.58 Å². The van der Waals surface area contributed by atoms with Crippen molar-refractivity contribution >= 4 is 0 Å². The number of halogens is 6. The van der Waals surface area contributed by atoms with Gasteiger partial charge in [-0.3, -0.25) is 0 Å². The minimum absolute atomic E-state index is 0.0286. The molecule has 2 saturated carbocycles. The number of hydrogen-bond acceptors (Lipinski definition) is 3. The van der Waals surface area contributed by atoms with Gasteiger partial charge in [0.15, 0.2) is 23.7 Å². The first kappa shape index (κ1) is 30.9. The van der Waals surface area contributed by atoms with Crippen LogP contribution in [0.3, 0.4) is 0 Å². The maximum Gasteiger partial charge on any atom is 0.400 e. The molecule has 230 valence electrons. The first-order valence-electron chi connectivity index (χ1n) is 15.0. The number of rotatable bonds is 9. The highest BCUT2D eigenvalue weighted by atomic mass is 19.3. The molecule has 3 nitrogen and oxygen atoms in total. The van der Waals surface area contributed by atoms with Gasteiger partial charge in [0.2, 0.25) is 0 Å². The van der Waals surface area contributed by atoms with Crippen LogP contribution < -0.4 is 4.74 Å². The van der Waals surface area contributed by atoms with Crippen molar-refractivity contribution in [3.05, 3.63) is 66.3 Å². The molecule has 9 heteroatoms. The van der Waals surface area contributed by atoms with Crippen LogP contribution in [0.1, 0.15) is 64.2 Å². The van der Waals surface area contributed by atoms with Gasteiger partial charge >= 0.3 is 6.11 Å². The van der Waals surface area contributed by atoms with Gasteiger partial charge in [-0.25, -0.2) is 17.6 Å². The van der Waals surface area contributed by atoms with E-state index in [9.17, 15) is 17.6 Å². The van der Waals surface area contributed by atoms with Gasteiger partial charge in [-0.2, -0.15) is 8.78 Å². The largest absolute Gasteiger partial charge is 0.432 e. The molecular formula is C33H38F6O3. The van der Waals surface area contributed by atoms with Crippen LogP contribution in [0.15, 0.2) is 43.0 Å². The topological polar surface area (TPSA) is 27.7 Å². The Morgan fingerprint density at radius 3 is 2.00 bits per heavy atom. The van der Waals surface area contributed by atoms with Gasteiger partial charge < -0.3 is 14.2 Å². The zero-order valence-corrected chi connectivity index (χ0v) is 23.6. The summed E-state index contributed by atoms with van der Waals surface area (Å²) in [5.41, 5.74) is -0.527. The van der Waals surface area contributed by atoms with Gasteiger partial charge in [-0.1, -0.05) is 18.9 Å². The van der Waals surface area contributed by atoms with Gasteiger partial charge in [-0.05, 0) is 93.0 Å². The average molecular weight is 597 g/mol. The van der Waals surface area contributed by atoms with Crippen molar-refractivity contribution in [3.8, 4) is 16.9 Å². The number of alkyl halides is 2. The van der Waals surface area contributed by atoms with E-state index in [1.165, 1.54) is 32.1 Å². The standard InChI is InChI=1S/C33H38F6O3/c1-2-3-4-20-5-7-21(8-6-20)24-18-40-32(41-19-24)22-9-11-25(12-10-22)33(38,39)42-26-13-14-27(28(34)17-26)23-15-29(35)31(37)30(36)16-23/h2,13-17,20-22,24-25,32H,1,3-12,18-19H2. The summed E-state index contributed by atoms with van der Waals surface area (Å²) in [6.07, 6.45) is 6.63. The summed E-state index contributed by atoms with van der Waals surface area (Å²) in [5, 5.41) is 0. The molecule has 2 aliphatic carbocycles. The molecule has 3 aliphatic rings. The first-order valence-corrected chi connectivity index (χ1v) is 15.0. The Morgan fingerprint density at radius 1 is 0.786 bits per heavy atom. The highest BCUT2D eigenvalue weighted by molar-refractivity contribution is 5.65. The van der Waals surface area contributed by atoms with Crippen LogP contribution in [-0.4, -0.2) is 25.6 Å². The predicted molar refractivity (Wildman–Crippen MR) is 147 cm³/mol. The third-order valence-corrected chi connectivity index (χ3v) is 9.41. The summed E-state index contributed by atoms with van der Waals surface area (Å²) in [6, 6.07) is 4.19. The normalized spacial score (nSPS) is 28.8. The monoisotopic (exact) mass is 596 g/mol. The summed E-state index contributed by atoms with van der Waals surface area (Å²) in [4.78, 5) is 0. The smallest absolute Gasteiger partial charge is 0.400 e. The van der Waals surface area contributed by atoms with Crippen LogP contribution in [0.25, 0.3) is 11.1 Å². The Labute approximate surface area is 243 Å². The number of hydrogen-bond donors (Lipinski definition) is 0. The molecule has 0 aromatic heterocycles. The van der Waals surface area contributed by atoms with Crippen molar-refractivity contribution in [2.24, 2.45) is 29.6 Å². The van der Waals surface area contributed by atoms with E-state index in [0.717, 1.165) is 30.5 Å². The van der Waals surface area contributed by atoms with Gasteiger partial charge in [-0.15, -0.1) is 6.58 Å². The van der Waals surface area contributed by atoms with E-state index in [1.807, 2.05) is 6.08 Å². The molecule has 0 radical (unpaired) electrons. The molecule has 5 rings (SSSR count). The van der Waals surface area contributed by atoms with Crippen molar-refractivity contribution in [1.82, 2.24) is 0 Å². The Bertz CT molecular complexity index is 1190. The molecule has 0 atom stereocenters. The molecule has 0 spiro atoms. The lowest BCUT2D eigenvalue weighted by Crippen LogP contribution is -2.43. The quantitative estimate of drug-likeness (QED) is 0.164. The molecule has 0 unspecified atom stereocenters. The maximum atomic E-state index is 15.1. The molecule has 1 aliphatic heterocycles. The van der Waals surface area contributed by atoms with Crippen molar-refractivity contribution in [2.45, 2.75) is 76.6 Å². The van der Waals surface area contributed by atoms with E-state index in [1.54, 1.807) is 0 Å². The summed E-state index contributed by atoms with van der Waals surface area (Å²) >= 11 is 0. The average Bonchev–Trinajstić information content (AvgIpc) is 2.99. The Balaban J connectivity index is 1.09. The van der Waals surface area contributed by atoms with Crippen LogP contribution in [0.4, 0.5) is 26.3 Å². The molecule has 1 saturated heterocycles. The Kier molecular flexibility index (Phi) is 9.88. The van der Waals surface area contributed by atoms with Crippen LogP contribution in [0, 0.1) is 52.9 Å². The van der Waals surface area contributed by atoms with E-state index in [0.29, 0.717) is 50.0 Å². The number of allylic oxidation sites excluding steroid dienone is 1. The lowest BCUT2D eigenvalue weighted by molar-refractivity contribution is -0.251. The van der Waals surface area contributed by atoms with Crippen LogP contribution >= 0.6 is 0 Å². The molecule has 0 bridgehead atoms. The van der Waals surface area contributed by atoms with Crippen molar-refractivity contribution in [1.29, 1.82) is 0 Å². The van der Waals surface area contributed by atoms with Crippen LogP contribution in [-0.2, 0) is 9.47 Å². The highest BCUT2D eigenvalue weighted by Crippen LogP contribution is 2.43. The number of ether oxygens (including phenoxy) is 3. The Morgan fingerprint density at radius 2 is 1.40 bits per heavy atom. The van der Waals surface area contributed by atoms with Gasteiger partial charge in [0.05, 0.1) is 19.1 Å². The van der Waals surface area contributed by atoms with Gasteiger partial charge in [0, 0.05) is 23.5 Å². The second-order valence-electron chi connectivity index (χ2n) is 12.1. The SMILES string of the molecule is C=CCCC1CCC(C2COC(C3CCC(C(F)(F)Oc4ccc(-c5cc(F)c(F)c(F)c5)c(F)c4)CC3)OC2)CC1. The van der Waals surface area contributed by atoms with E-state index in [4.69, 9.17) is 14.2 Å².